The normalized spacial score (nSPS) is 11.6. The van der Waals surface area contributed by atoms with Crippen LogP contribution in [0.3, 0.4) is 0 Å². The Kier molecular flexibility index (Phi) is 8.98. The summed E-state index contributed by atoms with van der Waals surface area (Å²) in [6.45, 7) is 11.7. The largest absolute Gasteiger partial charge is 0.506 e. The second kappa shape index (κ2) is 12.6. The maximum atomic E-state index is 10.4. The predicted molar refractivity (Wildman–Crippen MR) is 155 cm³/mol. The zero-order chi connectivity index (χ0) is 27.1. The second-order valence-electron chi connectivity index (χ2n) is 8.10. The van der Waals surface area contributed by atoms with Gasteiger partial charge in [0.1, 0.15) is 22.9 Å². The van der Waals surface area contributed by atoms with Gasteiger partial charge in [0.15, 0.2) is 0 Å². The van der Waals surface area contributed by atoms with Crippen LogP contribution in [-0.4, -0.2) is 46.4 Å². The van der Waals surface area contributed by atoms with Crippen molar-refractivity contribution in [2.24, 2.45) is 20.5 Å². The number of aromatic hydroxyl groups is 2. The number of phenols is 2. The number of phenolic OH excluding ortho intramolecular Hbond substituents is 2. The van der Waals surface area contributed by atoms with Crippen LogP contribution in [0.5, 0.6) is 11.5 Å². The summed E-state index contributed by atoms with van der Waals surface area (Å²) >= 11 is 2.71. The Hall–Kier alpha value is -3.90. The lowest BCUT2D eigenvalue weighted by Crippen LogP contribution is -2.21. The molecule has 198 valence electrons. The van der Waals surface area contributed by atoms with E-state index in [9.17, 15) is 10.2 Å². The topological polar surface area (TPSA) is 122 Å². The van der Waals surface area contributed by atoms with Gasteiger partial charge in [-0.2, -0.15) is 0 Å². The second-order valence-corrected chi connectivity index (χ2v) is 10.1. The third kappa shape index (κ3) is 6.32. The highest BCUT2D eigenvalue weighted by Crippen LogP contribution is 2.39. The molecule has 0 aliphatic carbocycles. The first-order chi connectivity index (χ1) is 18.4. The lowest BCUT2D eigenvalue weighted by atomic mass is 10.2. The maximum absolute atomic E-state index is 10.4. The zero-order valence-corrected chi connectivity index (χ0v) is 23.4. The van der Waals surface area contributed by atoms with Crippen molar-refractivity contribution in [1.82, 2.24) is 9.97 Å². The molecule has 0 unspecified atom stereocenters. The van der Waals surface area contributed by atoms with Crippen molar-refractivity contribution in [1.29, 1.82) is 0 Å². The van der Waals surface area contributed by atoms with Crippen LogP contribution in [0.25, 0.3) is 9.75 Å². The van der Waals surface area contributed by atoms with Gasteiger partial charge in [0, 0.05) is 62.1 Å². The molecular formula is C26H30N8O2S2. The third-order valence-electron chi connectivity index (χ3n) is 5.89. The molecule has 2 aromatic carbocycles. The molecule has 0 aliphatic heterocycles. The molecule has 38 heavy (non-hydrogen) atoms. The molecule has 0 aliphatic rings. The number of anilines is 2. The van der Waals surface area contributed by atoms with Gasteiger partial charge in [-0.25, -0.2) is 9.97 Å². The molecule has 0 spiro atoms. The van der Waals surface area contributed by atoms with Crippen LogP contribution in [0.4, 0.5) is 33.0 Å². The van der Waals surface area contributed by atoms with E-state index in [0.29, 0.717) is 21.6 Å². The van der Waals surface area contributed by atoms with E-state index < -0.39 is 0 Å². The van der Waals surface area contributed by atoms with Gasteiger partial charge in [0.2, 0.25) is 10.3 Å². The maximum Gasteiger partial charge on any atom is 0.230 e. The van der Waals surface area contributed by atoms with E-state index in [1.165, 1.54) is 22.7 Å². The zero-order valence-electron chi connectivity index (χ0n) is 21.7. The van der Waals surface area contributed by atoms with Gasteiger partial charge < -0.3 is 20.0 Å². The van der Waals surface area contributed by atoms with Crippen LogP contribution >= 0.6 is 22.7 Å². The Morgan fingerprint density at radius 2 is 1.03 bits per heavy atom. The quantitative estimate of drug-likeness (QED) is 0.181. The minimum Gasteiger partial charge on any atom is -0.506 e. The average Bonchev–Trinajstić information content (AvgIpc) is 3.59. The van der Waals surface area contributed by atoms with Gasteiger partial charge in [-0.15, -0.1) is 20.5 Å². The number of azo groups is 2. The molecule has 2 aromatic heterocycles. The van der Waals surface area contributed by atoms with E-state index in [2.05, 4.69) is 67.9 Å². The molecule has 12 heteroatoms. The van der Waals surface area contributed by atoms with Gasteiger partial charge in [-0.3, -0.25) is 0 Å². The molecule has 0 bridgehead atoms. The molecule has 4 rings (SSSR count). The minimum absolute atomic E-state index is 0.0705. The van der Waals surface area contributed by atoms with Gasteiger partial charge in [-0.1, -0.05) is 22.7 Å². The number of rotatable bonds is 11. The van der Waals surface area contributed by atoms with Crippen LogP contribution in [0.15, 0.2) is 69.2 Å². The highest BCUT2D eigenvalue weighted by Gasteiger charge is 2.11. The third-order valence-corrected chi connectivity index (χ3v) is 7.85. The Morgan fingerprint density at radius 3 is 1.37 bits per heavy atom. The van der Waals surface area contributed by atoms with Crippen LogP contribution < -0.4 is 9.80 Å². The lowest BCUT2D eigenvalue weighted by molar-refractivity contribution is 0.476. The molecule has 4 aromatic rings. The number of nitrogens with zero attached hydrogens (tertiary/aromatic N) is 8. The summed E-state index contributed by atoms with van der Waals surface area (Å²) in [4.78, 5) is 14.6. The molecule has 0 radical (unpaired) electrons. The fourth-order valence-electron chi connectivity index (χ4n) is 3.81. The standard InChI is InChI=1S/C26H30N8O2S2/c1-5-33(6-2)17-9-11-19(21(35)13-17)29-31-25-27-15-23(37-25)24-16-28-26(38-24)32-30-20-12-10-18(14-22(20)36)34(7-3)8-4/h9-16,35-36H,5-8H2,1-4H3. The fraction of sp³-hybridized carbons (Fsp3) is 0.308. The SMILES string of the molecule is CCN(CC)c1ccc(N=Nc2ncc(-c3cnc(N=Nc4ccc(N(CC)CC)cc4O)s3)s2)c(O)c1. The van der Waals surface area contributed by atoms with Crippen LogP contribution in [0.1, 0.15) is 27.7 Å². The van der Waals surface area contributed by atoms with Crippen molar-refractivity contribution in [3.05, 3.63) is 48.8 Å². The van der Waals surface area contributed by atoms with Crippen molar-refractivity contribution >= 4 is 55.7 Å². The molecule has 0 fully saturated rings. The molecule has 2 heterocycles. The van der Waals surface area contributed by atoms with E-state index >= 15 is 0 Å². The number of hydrogen-bond acceptors (Lipinski definition) is 12. The van der Waals surface area contributed by atoms with Gasteiger partial charge in [-0.05, 0) is 52.0 Å². The molecule has 0 amide bonds. The van der Waals surface area contributed by atoms with Gasteiger partial charge >= 0.3 is 0 Å². The molecule has 0 atom stereocenters. The van der Waals surface area contributed by atoms with Crippen molar-refractivity contribution in [3.8, 4) is 21.3 Å². The average molecular weight is 551 g/mol. The highest BCUT2D eigenvalue weighted by molar-refractivity contribution is 7.25. The van der Waals surface area contributed by atoms with E-state index in [1.54, 1.807) is 36.7 Å². The number of aromatic nitrogens is 2. The van der Waals surface area contributed by atoms with Crippen LogP contribution in [0, 0.1) is 0 Å². The van der Waals surface area contributed by atoms with Crippen molar-refractivity contribution < 1.29 is 10.2 Å². The van der Waals surface area contributed by atoms with Crippen molar-refractivity contribution in [3.63, 3.8) is 0 Å². The first-order valence-electron chi connectivity index (χ1n) is 12.4. The summed E-state index contributed by atoms with van der Waals surface area (Å²) in [7, 11) is 0. The van der Waals surface area contributed by atoms with E-state index in [4.69, 9.17) is 0 Å². The van der Waals surface area contributed by atoms with Gasteiger partial charge in [0.05, 0.1) is 9.75 Å². The van der Waals surface area contributed by atoms with E-state index in [1.807, 2.05) is 12.1 Å². The summed E-state index contributed by atoms with van der Waals surface area (Å²) in [5.41, 5.74) is 2.64. The molecule has 10 nitrogen and oxygen atoms in total. The van der Waals surface area contributed by atoms with Gasteiger partial charge in [0.25, 0.3) is 0 Å². The Bertz CT molecular complexity index is 1320. The highest BCUT2D eigenvalue weighted by atomic mass is 32.1. The van der Waals surface area contributed by atoms with Crippen molar-refractivity contribution in [2.45, 2.75) is 27.7 Å². The first-order valence-corrected chi connectivity index (χ1v) is 14.0. The van der Waals surface area contributed by atoms with Crippen molar-refractivity contribution in [2.75, 3.05) is 36.0 Å². The predicted octanol–water partition coefficient (Wildman–Crippen LogP) is 8.20. The number of thiazole rings is 2. The summed E-state index contributed by atoms with van der Waals surface area (Å²) in [5, 5.41) is 38.4. The Morgan fingerprint density at radius 1 is 0.632 bits per heavy atom. The monoisotopic (exact) mass is 550 g/mol. The van der Waals surface area contributed by atoms with Crippen LogP contribution in [-0.2, 0) is 0 Å². The molecule has 0 saturated carbocycles. The van der Waals surface area contributed by atoms with Crippen LogP contribution in [0.2, 0.25) is 0 Å². The summed E-state index contributed by atoms with van der Waals surface area (Å²) in [6.07, 6.45) is 3.41. The summed E-state index contributed by atoms with van der Waals surface area (Å²) in [5.74, 6) is 0.141. The Labute approximate surface area is 229 Å². The smallest absolute Gasteiger partial charge is 0.230 e. The summed E-state index contributed by atoms with van der Waals surface area (Å²) in [6, 6.07) is 10.7. The number of hydrogen-bond donors (Lipinski definition) is 2. The summed E-state index contributed by atoms with van der Waals surface area (Å²) < 4.78 is 0. The minimum atomic E-state index is 0.0705. The Balaban J connectivity index is 1.43. The fourth-order valence-corrected chi connectivity index (χ4v) is 5.34. The molecule has 2 N–H and O–H groups in total. The molecule has 0 saturated heterocycles. The van der Waals surface area contributed by atoms with E-state index in [0.717, 1.165) is 47.3 Å². The number of benzene rings is 2. The first kappa shape index (κ1) is 27.1. The van der Waals surface area contributed by atoms with E-state index in [-0.39, 0.29) is 11.5 Å². The lowest BCUT2D eigenvalue weighted by Gasteiger charge is -2.21. The molecular weight excluding hydrogens is 520 g/mol.